The molecule has 196 valence electrons. The highest BCUT2D eigenvalue weighted by atomic mass is 19.1. The molecule has 0 bridgehead atoms. The van der Waals surface area contributed by atoms with Gasteiger partial charge in [0, 0.05) is 26.2 Å². The Morgan fingerprint density at radius 3 is 2.78 bits per heavy atom. The Morgan fingerprint density at radius 1 is 1.24 bits per heavy atom. The van der Waals surface area contributed by atoms with Crippen molar-refractivity contribution in [2.75, 3.05) is 7.05 Å². The van der Waals surface area contributed by atoms with Gasteiger partial charge in [-0.15, -0.1) is 0 Å². The van der Waals surface area contributed by atoms with Gasteiger partial charge in [0.2, 0.25) is 0 Å². The van der Waals surface area contributed by atoms with Gasteiger partial charge in [-0.2, -0.15) is 5.10 Å². The van der Waals surface area contributed by atoms with E-state index in [9.17, 15) is 19.1 Å². The Balaban J connectivity index is 1.41. The maximum absolute atomic E-state index is 13.4. The molecule has 2 aromatic heterocycles. The maximum atomic E-state index is 13.4. The van der Waals surface area contributed by atoms with Crippen molar-refractivity contribution in [3.05, 3.63) is 65.4 Å². The monoisotopic (exact) mass is 510 g/mol. The summed E-state index contributed by atoms with van der Waals surface area (Å²) in [6.07, 6.45) is 3.77. The van der Waals surface area contributed by atoms with Crippen molar-refractivity contribution >= 4 is 12.1 Å². The number of rotatable bonds is 8. The van der Waals surface area contributed by atoms with Crippen molar-refractivity contribution in [3.63, 3.8) is 0 Å². The second kappa shape index (κ2) is 11.4. The number of carbonyl (C=O) groups is 2. The van der Waals surface area contributed by atoms with Crippen LogP contribution in [0.3, 0.4) is 0 Å². The fourth-order valence-electron chi connectivity index (χ4n) is 4.54. The first-order chi connectivity index (χ1) is 17.7. The van der Waals surface area contributed by atoms with E-state index in [-0.39, 0.29) is 31.0 Å². The van der Waals surface area contributed by atoms with Crippen LogP contribution in [0, 0.1) is 18.7 Å². The third-order valence-corrected chi connectivity index (χ3v) is 6.60. The summed E-state index contributed by atoms with van der Waals surface area (Å²) >= 11 is 0. The Bertz CT molecular complexity index is 1280. The molecule has 1 fully saturated rings. The number of amides is 1. The summed E-state index contributed by atoms with van der Waals surface area (Å²) in [5, 5.41) is 13.6. The van der Waals surface area contributed by atoms with Gasteiger partial charge in [0.05, 0.1) is 35.3 Å². The molecular weight excluding hydrogens is 479 g/mol. The molecule has 9 nitrogen and oxygen atoms in total. The van der Waals surface area contributed by atoms with Gasteiger partial charge in [-0.1, -0.05) is 12.1 Å². The molecule has 1 aliphatic rings. The lowest BCUT2D eigenvalue weighted by Crippen LogP contribution is -2.29. The van der Waals surface area contributed by atoms with E-state index in [2.05, 4.69) is 10.1 Å². The van der Waals surface area contributed by atoms with Gasteiger partial charge in [-0.05, 0) is 62.4 Å². The topological polar surface area (TPSA) is 107 Å². The molecule has 37 heavy (non-hydrogen) atoms. The molecule has 1 amide bonds. The lowest BCUT2D eigenvalue weighted by Gasteiger charge is -2.27. The number of nitrogens with zero attached hydrogens (tertiary/aromatic N) is 4. The average Bonchev–Trinajstić information content (AvgIpc) is 3.24. The molecule has 1 aliphatic carbocycles. The highest BCUT2D eigenvalue weighted by Gasteiger charge is 2.28. The van der Waals surface area contributed by atoms with E-state index in [0.717, 1.165) is 18.4 Å². The van der Waals surface area contributed by atoms with Crippen molar-refractivity contribution in [2.24, 2.45) is 13.0 Å². The van der Waals surface area contributed by atoms with Crippen molar-refractivity contribution < 1.29 is 28.6 Å². The van der Waals surface area contributed by atoms with Crippen LogP contribution in [0.4, 0.5) is 9.18 Å². The second-order valence-corrected chi connectivity index (χ2v) is 9.39. The van der Waals surface area contributed by atoms with Gasteiger partial charge in [0.25, 0.3) is 0 Å². The molecule has 2 heterocycles. The summed E-state index contributed by atoms with van der Waals surface area (Å²) in [5.74, 6) is -0.889. The zero-order chi connectivity index (χ0) is 26.5. The number of hydrogen-bond acceptors (Lipinski definition) is 6. The number of hydrogen-bond donors (Lipinski definition) is 1. The van der Waals surface area contributed by atoms with Crippen LogP contribution in [0.15, 0.2) is 42.6 Å². The Labute approximate surface area is 214 Å². The van der Waals surface area contributed by atoms with Crippen LogP contribution in [0.25, 0.3) is 11.3 Å². The Hall–Kier alpha value is -3.95. The minimum Gasteiger partial charge on any atom is -0.489 e. The van der Waals surface area contributed by atoms with E-state index >= 15 is 0 Å². The molecule has 1 aromatic carbocycles. The molecule has 0 aliphatic heterocycles. The average molecular weight is 511 g/mol. The molecule has 0 radical (unpaired) electrons. The molecule has 2 atom stereocenters. The van der Waals surface area contributed by atoms with E-state index in [1.807, 2.05) is 19.1 Å². The van der Waals surface area contributed by atoms with Gasteiger partial charge in [-0.25, -0.2) is 14.2 Å². The molecule has 3 aromatic rings. The maximum Gasteiger partial charge on any atom is 0.410 e. The molecule has 0 unspecified atom stereocenters. The van der Waals surface area contributed by atoms with E-state index < -0.39 is 12.1 Å². The smallest absolute Gasteiger partial charge is 0.410 e. The number of carbonyl (C=O) groups excluding carboxylic acids is 1. The SMILES string of the molecule is Cc1nc(-c2cnn(C)c2COC(=O)N(C)Cc2cccc(F)c2)ccc1O[C@H]1CCC[C@H](C(=O)O)C1. The predicted molar refractivity (Wildman–Crippen MR) is 133 cm³/mol. The van der Waals surface area contributed by atoms with Crippen molar-refractivity contribution in [2.45, 2.75) is 51.9 Å². The third kappa shape index (κ3) is 6.44. The Kier molecular flexibility index (Phi) is 8.05. The lowest BCUT2D eigenvalue weighted by atomic mass is 9.87. The molecule has 1 saturated carbocycles. The van der Waals surface area contributed by atoms with Gasteiger partial charge in [0.1, 0.15) is 18.2 Å². The van der Waals surface area contributed by atoms with E-state index in [1.165, 1.54) is 17.0 Å². The van der Waals surface area contributed by atoms with E-state index in [1.54, 1.807) is 37.1 Å². The van der Waals surface area contributed by atoms with Gasteiger partial charge < -0.3 is 19.5 Å². The largest absolute Gasteiger partial charge is 0.489 e. The standard InChI is InChI=1S/C27H31FN4O5/c1-17-25(37-21-9-5-7-19(13-21)26(33)34)11-10-23(30-17)22-14-29-32(3)24(22)16-36-27(35)31(2)15-18-6-4-8-20(28)12-18/h4,6,8,10-12,14,19,21H,5,7,9,13,15-16H2,1-3H3,(H,33,34)/t19-,21-/m0/s1. The number of carboxylic acid groups (broad SMARTS) is 1. The first kappa shape index (κ1) is 26.1. The van der Waals surface area contributed by atoms with Crippen LogP contribution >= 0.6 is 0 Å². The van der Waals surface area contributed by atoms with Crippen LogP contribution < -0.4 is 4.74 Å². The first-order valence-corrected chi connectivity index (χ1v) is 12.2. The highest BCUT2D eigenvalue weighted by Crippen LogP contribution is 2.31. The zero-order valence-electron chi connectivity index (χ0n) is 21.2. The van der Waals surface area contributed by atoms with Crippen LogP contribution in [0.5, 0.6) is 5.75 Å². The van der Waals surface area contributed by atoms with Gasteiger partial charge in [-0.3, -0.25) is 9.48 Å². The summed E-state index contributed by atoms with van der Waals surface area (Å²) in [4.78, 5) is 30.0. The summed E-state index contributed by atoms with van der Waals surface area (Å²) in [6.45, 7) is 2.04. The van der Waals surface area contributed by atoms with E-state index in [4.69, 9.17) is 9.47 Å². The number of aliphatic carboxylic acids is 1. The number of aromatic nitrogens is 3. The summed E-state index contributed by atoms with van der Waals surface area (Å²) < 4.78 is 26.7. The third-order valence-electron chi connectivity index (χ3n) is 6.60. The normalized spacial score (nSPS) is 17.3. The number of aryl methyl sites for hydroxylation is 2. The number of carboxylic acids is 1. The second-order valence-electron chi connectivity index (χ2n) is 9.39. The van der Waals surface area contributed by atoms with Crippen molar-refractivity contribution in [1.82, 2.24) is 19.7 Å². The fourth-order valence-corrected chi connectivity index (χ4v) is 4.54. The van der Waals surface area contributed by atoms with Gasteiger partial charge in [0.15, 0.2) is 0 Å². The molecule has 10 heteroatoms. The highest BCUT2D eigenvalue weighted by molar-refractivity contribution is 5.70. The van der Waals surface area contributed by atoms with Crippen molar-refractivity contribution in [1.29, 1.82) is 0 Å². The van der Waals surface area contributed by atoms with Crippen LogP contribution in [-0.4, -0.2) is 50.0 Å². The molecule has 1 N–H and O–H groups in total. The number of benzene rings is 1. The number of halogens is 1. The molecular formula is C27H31FN4O5. The van der Waals surface area contributed by atoms with E-state index in [0.29, 0.717) is 41.2 Å². The van der Waals surface area contributed by atoms with Crippen molar-refractivity contribution in [3.8, 4) is 17.0 Å². The quantitative estimate of drug-likeness (QED) is 0.467. The fraction of sp³-hybridized carbons (Fsp3) is 0.407. The summed E-state index contributed by atoms with van der Waals surface area (Å²) in [6, 6.07) is 9.72. The zero-order valence-corrected chi connectivity index (χ0v) is 21.2. The Morgan fingerprint density at radius 2 is 2.05 bits per heavy atom. The molecule has 4 rings (SSSR count). The van der Waals surface area contributed by atoms with Gasteiger partial charge >= 0.3 is 12.1 Å². The summed E-state index contributed by atoms with van der Waals surface area (Å²) in [5.41, 5.74) is 3.39. The first-order valence-electron chi connectivity index (χ1n) is 12.2. The minimum atomic E-state index is -0.775. The molecule has 0 spiro atoms. The van der Waals surface area contributed by atoms with Crippen LogP contribution in [-0.2, 0) is 29.7 Å². The van der Waals surface area contributed by atoms with Crippen LogP contribution in [0.2, 0.25) is 0 Å². The summed E-state index contributed by atoms with van der Waals surface area (Å²) in [7, 11) is 3.35. The lowest BCUT2D eigenvalue weighted by molar-refractivity contribution is -0.143. The molecule has 0 saturated heterocycles. The minimum absolute atomic E-state index is 0.0181. The number of ether oxygens (including phenoxy) is 2. The predicted octanol–water partition coefficient (Wildman–Crippen LogP) is 4.72. The van der Waals surface area contributed by atoms with Crippen LogP contribution in [0.1, 0.15) is 42.6 Å². The number of pyridine rings is 1.